The third-order valence-electron chi connectivity index (χ3n) is 6.22. The number of aliphatic imine (C=N–C) groups is 1. The Kier molecular flexibility index (Phi) is 7.80. The van der Waals surface area contributed by atoms with Crippen LogP contribution in [0.3, 0.4) is 0 Å². The molecule has 0 bridgehead atoms. The second kappa shape index (κ2) is 11.2. The van der Waals surface area contributed by atoms with Gasteiger partial charge in [-0.1, -0.05) is 42.5 Å². The van der Waals surface area contributed by atoms with E-state index in [4.69, 9.17) is 4.74 Å². The van der Waals surface area contributed by atoms with E-state index >= 15 is 0 Å². The maximum Gasteiger partial charge on any atom is 0.191 e. The molecule has 2 aromatic carbocycles. The van der Waals surface area contributed by atoms with E-state index in [2.05, 4.69) is 80.0 Å². The molecule has 31 heavy (non-hydrogen) atoms. The molecule has 1 unspecified atom stereocenters. The van der Waals surface area contributed by atoms with Gasteiger partial charge in [0.25, 0.3) is 0 Å². The summed E-state index contributed by atoms with van der Waals surface area (Å²) in [5, 5.41) is 7.02. The van der Waals surface area contributed by atoms with Gasteiger partial charge >= 0.3 is 0 Å². The maximum absolute atomic E-state index is 5.45. The Morgan fingerprint density at radius 2 is 1.65 bits per heavy atom. The lowest BCUT2D eigenvalue weighted by Gasteiger charge is -2.29. The van der Waals surface area contributed by atoms with Gasteiger partial charge < -0.3 is 20.3 Å². The zero-order chi connectivity index (χ0) is 21.3. The average molecular weight is 422 g/mol. The fourth-order valence-electron chi connectivity index (χ4n) is 4.43. The average Bonchev–Trinajstić information content (AvgIpc) is 3.37. The van der Waals surface area contributed by atoms with Gasteiger partial charge in [-0.05, 0) is 49.2 Å². The monoisotopic (exact) mass is 421 g/mol. The molecule has 4 rings (SSSR count). The Balaban J connectivity index is 1.30. The Labute approximate surface area is 186 Å². The Morgan fingerprint density at radius 3 is 2.32 bits per heavy atom. The Hall–Kier alpha value is -2.57. The molecule has 0 spiro atoms. The van der Waals surface area contributed by atoms with Crippen molar-refractivity contribution >= 4 is 11.6 Å². The molecular weight excluding hydrogens is 386 g/mol. The molecule has 1 atom stereocenters. The van der Waals surface area contributed by atoms with Gasteiger partial charge in [-0.3, -0.25) is 9.89 Å². The van der Waals surface area contributed by atoms with Crippen LogP contribution in [-0.4, -0.2) is 63.8 Å². The third kappa shape index (κ3) is 5.99. The number of morpholine rings is 1. The van der Waals surface area contributed by atoms with E-state index in [1.165, 1.54) is 42.7 Å². The molecule has 6 heteroatoms. The molecular formula is C25H35N5O. The fraction of sp³-hybridized carbons (Fsp3) is 0.480. The van der Waals surface area contributed by atoms with Crippen LogP contribution in [0, 0.1) is 0 Å². The summed E-state index contributed by atoms with van der Waals surface area (Å²) in [5.74, 6) is 0.845. The van der Waals surface area contributed by atoms with Gasteiger partial charge in [-0.2, -0.15) is 0 Å². The first-order valence-electron chi connectivity index (χ1n) is 11.5. The molecule has 2 aliphatic rings. The smallest absolute Gasteiger partial charge is 0.191 e. The molecule has 6 nitrogen and oxygen atoms in total. The van der Waals surface area contributed by atoms with Gasteiger partial charge in [0.05, 0.1) is 19.3 Å². The summed E-state index contributed by atoms with van der Waals surface area (Å²) in [6.45, 7) is 7.49. The predicted octanol–water partition coefficient (Wildman–Crippen LogP) is 3.03. The van der Waals surface area contributed by atoms with Crippen molar-refractivity contribution in [2.75, 3.05) is 57.9 Å². The normalized spacial score (nSPS) is 18.7. The lowest BCUT2D eigenvalue weighted by molar-refractivity contribution is 0.122. The minimum atomic E-state index is 0.370. The van der Waals surface area contributed by atoms with Crippen LogP contribution >= 0.6 is 0 Å². The highest BCUT2D eigenvalue weighted by atomic mass is 16.5. The van der Waals surface area contributed by atoms with Crippen molar-refractivity contribution in [2.45, 2.75) is 25.4 Å². The Bertz CT molecular complexity index is 812. The van der Waals surface area contributed by atoms with Crippen LogP contribution in [0.1, 0.15) is 30.0 Å². The minimum absolute atomic E-state index is 0.370. The summed E-state index contributed by atoms with van der Waals surface area (Å²) >= 11 is 0. The van der Waals surface area contributed by atoms with Crippen molar-refractivity contribution < 1.29 is 4.74 Å². The standard InChI is InChI=1S/C25H35N5O/c1-26-25(27-19-21-9-11-23(12-10-21)29-15-17-31-18-16-29)28-20-24(30-13-5-6-14-30)22-7-3-2-4-8-22/h2-4,7-12,24H,5-6,13-20H2,1H3,(H2,26,27,28). The van der Waals surface area contributed by atoms with Crippen LogP contribution in [0.2, 0.25) is 0 Å². The quantitative estimate of drug-likeness (QED) is 0.532. The zero-order valence-corrected chi connectivity index (χ0v) is 18.6. The Morgan fingerprint density at radius 1 is 0.935 bits per heavy atom. The van der Waals surface area contributed by atoms with Crippen LogP contribution in [0.4, 0.5) is 5.69 Å². The summed E-state index contributed by atoms with van der Waals surface area (Å²) in [4.78, 5) is 9.40. The van der Waals surface area contributed by atoms with Crippen molar-refractivity contribution in [2.24, 2.45) is 4.99 Å². The highest BCUT2D eigenvalue weighted by Crippen LogP contribution is 2.24. The molecule has 2 saturated heterocycles. The molecule has 0 aliphatic carbocycles. The van der Waals surface area contributed by atoms with Crippen molar-refractivity contribution in [3.63, 3.8) is 0 Å². The lowest BCUT2D eigenvalue weighted by atomic mass is 10.1. The van der Waals surface area contributed by atoms with Crippen LogP contribution in [-0.2, 0) is 11.3 Å². The third-order valence-corrected chi connectivity index (χ3v) is 6.22. The number of ether oxygens (including phenoxy) is 1. The van der Waals surface area contributed by atoms with Crippen molar-refractivity contribution in [1.29, 1.82) is 0 Å². The minimum Gasteiger partial charge on any atom is -0.378 e. The second-order valence-electron chi connectivity index (χ2n) is 8.24. The van der Waals surface area contributed by atoms with E-state index in [9.17, 15) is 0 Å². The summed E-state index contributed by atoms with van der Waals surface area (Å²) < 4.78 is 5.45. The number of nitrogens with one attached hydrogen (secondary N) is 2. The molecule has 0 amide bonds. The first kappa shape index (κ1) is 21.7. The van der Waals surface area contributed by atoms with E-state index in [0.29, 0.717) is 6.04 Å². The van der Waals surface area contributed by atoms with Crippen LogP contribution in [0.15, 0.2) is 59.6 Å². The number of guanidine groups is 1. The number of benzene rings is 2. The zero-order valence-electron chi connectivity index (χ0n) is 18.6. The lowest BCUT2D eigenvalue weighted by Crippen LogP contribution is -2.42. The summed E-state index contributed by atoms with van der Waals surface area (Å²) in [5.41, 5.74) is 3.89. The molecule has 2 fully saturated rings. The molecule has 0 radical (unpaired) electrons. The van der Waals surface area contributed by atoms with E-state index < -0.39 is 0 Å². The van der Waals surface area contributed by atoms with Gasteiger partial charge in [0.15, 0.2) is 5.96 Å². The first-order valence-corrected chi connectivity index (χ1v) is 11.5. The molecule has 2 N–H and O–H groups in total. The molecule has 0 saturated carbocycles. The van der Waals surface area contributed by atoms with Crippen LogP contribution < -0.4 is 15.5 Å². The summed E-state index contributed by atoms with van der Waals surface area (Å²) in [6.07, 6.45) is 2.58. The molecule has 166 valence electrons. The van der Waals surface area contributed by atoms with Crippen molar-refractivity contribution in [3.05, 3.63) is 65.7 Å². The number of likely N-dealkylation sites (tertiary alicyclic amines) is 1. The number of anilines is 1. The van der Waals surface area contributed by atoms with E-state index in [1.54, 1.807) is 0 Å². The van der Waals surface area contributed by atoms with Gasteiger partial charge in [-0.25, -0.2) is 0 Å². The SMILES string of the molecule is CN=C(NCc1ccc(N2CCOCC2)cc1)NCC(c1ccccc1)N1CCCC1. The predicted molar refractivity (Wildman–Crippen MR) is 128 cm³/mol. The van der Waals surface area contributed by atoms with E-state index in [0.717, 1.165) is 45.4 Å². The number of hydrogen-bond acceptors (Lipinski definition) is 4. The van der Waals surface area contributed by atoms with E-state index in [-0.39, 0.29) is 0 Å². The highest BCUT2D eigenvalue weighted by Gasteiger charge is 2.23. The van der Waals surface area contributed by atoms with E-state index in [1.807, 2.05) is 7.05 Å². The van der Waals surface area contributed by atoms with Gasteiger partial charge in [0, 0.05) is 38.9 Å². The van der Waals surface area contributed by atoms with Gasteiger partial charge in [0.2, 0.25) is 0 Å². The first-order chi connectivity index (χ1) is 15.3. The summed E-state index contributed by atoms with van der Waals surface area (Å²) in [6, 6.07) is 20.0. The van der Waals surface area contributed by atoms with Crippen molar-refractivity contribution in [1.82, 2.24) is 15.5 Å². The molecule has 2 heterocycles. The number of hydrogen-bond donors (Lipinski definition) is 2. The number of nitrogens with zero attached hydrogens (tertiary/aromatic N) is 3. The molecule has 2 aliphatic heterocycles. The molecule has 2 aromatic rings. The summed E-state index contributed by atoms with van der Waals surface area (Å²) in [7, 11) is 1.84. The van der Waals surface area contributed by atoms with Crippen LogP contribution in [0.5, 0.6) is 0 Å². The number of rotatable bonds is 7. The largest absolute Gasteiger partial charge is 0.378 e. The topological polar surface area (TPSA) is 52.1 Å². The highest BCUT2D eigenvalue weighted by molar-refractivity contribution is 5.79. The van der Waals surface area contributed by atoms with Gasteiger partial charge in [0.1, 0.15) is 0 Å². The van der Waals surface area contributed by atoms with Crippen molar-refractivity contribution in [3.8, 4) is 0 Å². The molecule has 0 aromatic heterocycles. The fourth-order valence-corrected chi connectivity index (χ4v) is 4.43. The van der Waals surface area contributed by atoms with Crippen LogP contribution in [0.25, 0.3) is 0 Å². The second-order valence-corrected chi connectivity index (χ2v) is 8.24. The maximum atomic E-state index is 5.45. The van der Waals surface area contributed by atoms with Gasteiger partial charge in [-0.15, -0.1) is 0 Å².